The lowest BCUT2D eigenvalue weighted by Crippen LogP contribution is -1.79. The van der Waals surface area contributed by atoms with Crippen LogP contribution in [0.2, 0.25) is 0 Å². The maximum atomic E-state index is 8.81. The predicted molar refractivity (Wildman–Crippen MR) is 127 cm³/mol. The van der Waals surface area contributed by atoms with E-state index in [1.54, 1.807) is 0 Å². The predicted octanol–water partition coefficient (Wildman–Crippen LogP) is 6.67. The molecule has 1 heterocycles. The maximum absolute atomic E-state index is 8.81. The van der Waals surface area contributed by atoms with Gasteiger partial charge in [0, 0.05) is 6.42 Å². The highest BCUT2D eigenvalue weighted by molar-refractivity contribution is 5.44. The Labute approximate surface area is 176 Å². The lowest BCUT2D eigenvalue weighted by molar-refractivity contribution is -0.106. The number of H-pyrrole nitrogens is 1. The average Bonchev–Trinajstić information content (AvgIpc) is 3.24. The normalized spacial score (nSPS) is 6.14. The fourth-order valence-corrected chi connectivity index (χ4v) is 0.637. The monoisotopic (exact) mass is 405 g/mol. The summed E-state index contributed by atoms with van der Waals surface area (Å²) in [7, 11) is 0. The lowest BCUT2D eigenvalue weighted by Gasteiger charge is -1.77. The highest BCUT2D eigenvalue weighted by Gasteiger charge is 1.84. The van der Waals surface area contributed by atoms with E-state index in [2.05, 4.69) is 34.3 Å². The van der Waals surface area contributed by atoms with E-state index < -0.39 is 0 Å². The van der Waals surface area contributed by atoms with Crippen molar-refractivity contribution >= 4 is 18.9 Å². The lowest BCUT2D eigenvalue weighted by atomic mass is 10.4. The SMILES string of the molecule is C.CC.CC.CC.CC=CCC.CC=O.CC=O.CC=O.CCc1ncn[nH]1. The van der Waals surface area contributed by atoms with Crippen LogP contribution >= 0.6 is 0 Å². The molecule has 172 valence electrons. The second-order valence-electron chi connectivity index (χ2n) is 2.97. The topological polar surface area (TPSA) is 92.8 Å². The second-order valence-corrected chi connectivity index (χ2v) is 2.97. The molecule has 0 aliphatic heterocycles. The third kappa shape index (κ3) is 158. The zero-order valence-electron chi connectivity index (χ0n) is 20.0. The third-order valence-corrected chi connectivity index (χ3v) is 1.27. The van der Waals surface area contributed by atoms with Crippen molar-refractivity contribution in [2.75, 3.05) is 0 Å². The molecule has 0 saturated heterocycles. The van der Waals surface area contributed by atoms with Gasteiger partial charge in [0.2, 0.25) is 0 Å². The van der Waals surface area contributed by atoms with Gasteiger partial charge >= 0.3 is 0 Å². The van der Waals surface area contributed by atoms with Crippen molar-refractivity contribution in [1.29, 1.82) is 0 Å². The molecule has 28 heavy (non-hydrogen) atoms. The van der Waals surface area contributed by atoms with Gasteiger partial charge in [-0.05, 0) is 34.1 Å². The summed E-state index contributed by atoms with van der Waals surface area (Å²) in [4.78, 5) is 30.3. The van der Waals surface area contributed by atoms with Crippen LogP contribution in [0.4, 0.5) is 0 Å². The zero-order valence-corrected chi connectivity index (χ0v) is 20.0. The van der Waals surface area contributed by atoms with Crippen molar-refractivity contribution in [2.45, 2.75) is 103 Å². The molecule has 0 bridgehead atoms. The molecule has 1 rings (SSSR count). The van der Waals surface area contributed by atoms with Crippen LogP contribution in [0.3, 0.4) is 0 Å². The standard InChI is InChI=1S/C5H10.C4H7N3.3C2H4O.3C2H6.CH4/c1-3-5-4-2;1-2-4-5-3-6-7-4;3*1-2-3;3*1-2;/h3,5H,4H2,1-2H3;3H,2H2,1H3,(H,5,6,7);3*2H,1H3;3*1-2H3;1H4. The average molecular weight is 406 g/mol. The highest BCUT2D eigenvalue weighted by Crippen LogP contribution is 1.82. The number of hydrogen-bond acceptors (Lipinski definition) is 5. The van der Waals surface area contributed by atoms with Gasteiger partial charge in [-0.25, -0.2) is 4.98 Å². The number of aromatic amines is 1. The molecule has 1 aromatic rings. The first-order valence-corrected chi connectivity index (χ1v) is 9.74. The van der Waals surface area contributed by atoms with Gasteiger partial charge in [-0.15, -0.1) is 0 Å². The summed E-state index contributed by atoms with van der Waals surface area (Å²) in [6, 6.07) is 0. The van der Waals surface area contributed by atoms with Crippen molar-refractivity contribution in [3.63, 3.8) is 0 Å². The first-order chi connectivity index (χ1) is 13.1. The number of carbonyl (C=O) groups is 3. The first-order valence-electron chi connectivity index (χ1n) is 9.74. The fourth-order valence-electron chi connectivity index (χ4n) is 0.637. The smallest absolute Gasteiger partial charge is 0.137 e. The summed E-state index contributed by atoms with van der Waals surface area (Å²) in [5.74, 6) is 0.944. The largest absolute Gasteiger partial charge is 0.304 e. The molecular formula is C22H51N3O3. The number of aldehydes is 3. The Morgan fingerprint density at radius 3 is 1.21 bits per heavy atom. The third-order valence-electron chi connectivity index (χ3n) is 1.27. The molecule has 0 radical (unpaired) electrons. The molecule has 0 amide bonds. The van der Waals surface area contributed by atoms with Crippen molar-refractivity contribution < 1.29 is 14.4 Å². The number of hydrogen-bond donors (Lipinski definition) is 1. The van der Waals surface area contributed by atoms with Gasteiger partial charge in [-0.1, -0.05) is 75.0 Å². The van der Waals surface area contributed by atoms with Crippen molar-refractivity contribution in [2.24, 2.45) is 0 Å². The van der Waals surface area contributed by atoms with Crippen LogP contribution in [-0.4, -0.2) is 34.0 Å². The van der Waals surface area contributed by atoms with E-state index in [0.717, 1.165) is 37.5 Å². The molecule has 0 fully saturated rings. The van der Waals surface area contributed by atoms with Gasteiger partial charge in [0.05, 0.1) is 0 Å². The summed E-state index contributed by atoms with van der Waals surface area (Å²) in [6.07, 6.45) is 10.0. The molecule has 0 spiro atoms. The van der Waals surface area contributed by atoms with Crippen molar-refractivity contribution in [3.05, 3.63) is 24.3 Å². The summed E-state index contributed by atoms with van der Waals surface area (Å²) >= 11 is 0. The summed E-state index contributed by atoms with van der Waals surface area (Å²) in [5.41, 5.74) is 0. The second kappa shape index (κ2) is 100. The molecule has 0 aliphatic rings. The van der Waals surface area contributed by atoms with Gasteiger partial charge in [0.1, 0.15) is 31.0 Å². The van der Waals surface area contributed by atoms with Crippen LogP contribution < -0.4 is 0 Å². The Hall–Kier alpha value is -2.11. The molecule has 0 aliphatic carbocycles. The van der Waals surface area contributed by atoms with E-state index in [0.29, 0.717) is 0 Å². The minimum absolute atomic E-state index is 0. The molecule has 0 unspecified atom stereocenters. The van der Waals surface area contributed by atoms with Crippen LogP contribution in [0, 0.1) is 0 Å². The van der Waals surface area contributed by atoms with Gasteiger partial charge < -0.3 is 14.4 Å². The highest BCUT2D eigenvalue weighted by atomic mass is 16.1. The van der Waals surface area contributed by atoms with E-state index in [1.807, 2.05) is 55.4 Å². The van der Waals surface area contributed by atoms with Crippen LogP contribution in [0.5, 0.6) is 0 Å². The number of rotatable bonds is 2. The van der Waals surface area contributed by atoms with Crippen molar-refractivity contribution in [1.82, 2.24) is 15.2 Å². The van der Waals surface area contributed by atoms with E-state index in [-0.39, 0.29) is 7.43 Å². The summed E-state index contributed by atoms with van der Waals surface area (Å²) < 4.78 is 0. The molecule has 1 aromatic heterocycles. The number of aryl methyl sites for hydroxylation is 1. The van der Waals surface area contributed by atoms with Gasteiger partial charge in [-0.2, -0.15) is 5.10 Å². The molecule has 0 aromatic carbocycles. The minimum atomic E-state index is 0. The zero-order chi connectivity index (χ0) is 23.4. The van der Waals surface area contributed by atoms with E-state index >= 15 is 0 Å². The summed E-state index contributed by atoms with van der Waals surface area (Å²) in [6.45, 7) is 22.5. The Morgan fingerprint density at radius 1 is 0.821 bits per heavy atom. The number of carbonyl (C=O) groups excluding carboxylic acids is 3. The van der Waals surface area contributed by atoms with Crippen molar-refractivity contribution in [3.8, 4) is 0 Å². The number of nitrogens with one attached hydrogen (secondary N) is 1. The van der Waals surface area contributed by atoms with Crippen LogP contribution in [0.1, 0.15) is 103 Å². The molecule has 0 saturated carbocycles. The Balaban J connectivity index is -0.0000000288. The van der Waals surface area contributed by atoms with Crippen LogP contribution in [0.25, 0.3) is 0 Å². The maximum Gasteiger partial charge on any atom is 0.137 e. The minimum Gasteiger partial charge on any atom is -0.304 e. The number of aromatic nitrogens is 3. The Morgan fingerprint density at radius 2 is 1.14 bits per heavy atom. The number of allylic oxidation sites excluding steroid dienone is 2. The molecule has 1 N–H and O–H groups in total. The summed E-state index contributed by atoms with van der Waals surface area (Å²) in [5, 5.41) is 6.38. The van der Waals surface area contributed by atoms with Gasteiger partial charge in [0.15, 0.2) is 0 Å². The molecule has 0 atom stereocenters. The van der Waals surface area contributed by atoms with E-state index in [4.69, 9.17) is 14.4 Å². The molecule has 6 heteroatoms. The van der Waals surface area contributed by atoms with E-state index in [9.17, 15) is 0 Å². The van der Waals surface area contributed by atoms with Crippen LogP contribution in [0.15, 0.2) is 18.5 Å². The van der Waals surface area contributed by atoms with Gasteiger partial charge in [-0.3, -0.25) is 5.10 Å². The number of nitrogens with zero attached hydrogens (tertiary/aromatic N) is 2. The molecular weight excluding hydrogens is 354 g/mol. The Bertz CT molecular complexity index is 299. The Kier molecular flexibility index (Phi) is 180. The quantitative estimate of drug-likeness (QED) is 0.438. The first kappa shape index (κ1) is 50.1. The van der Waals surface area contributed by atoms with Crippen LogP contribution in [-0.2, 0) is 20.8 Å². The fraction of sp³-hybridized carbons (Fsp3) is 0.682. The van der Waals surface area contributed by atoms with E-state index in [1.165, 1.54) is 27.1 Å². The van der Waals surface area contributed by atoms with Gasteiger partial charge in [0.25, 0.3) is 0 Å². The molecule has 6 nitrogen and oxygen atoms in total.